The van der Waals surface area contributed by atoms with E-state index in [1.54, 1.807) is 23.1 Å². The third-order valence-electron chi connectivity index (χ3n) is 4.97. The van der Waals surface area contributed by atoms with Gasteiger partial charge in [0.1, 0.15) is 5.82 Å². The summed E-state index contributed by atoms with van der Waals surface area (Å²) in [6.45, 7) is 10.9. The Hall–Kier alpha value is -2.44. The molecule has 6 heteroatoms. The number of carbonyl (C=O) groups is 1. The van der Waals surface area contributed by atoms with E-state index in [1.807, 2.05) is 6.08 Å². The number of allylic oxidation sites excluding steroid dienone is 1. The van der Waals surface area contributed by atoms with Crippen LogP contribution < -0.4 is 10.6 Å². The Morgan fingerprint density at radius 3 is 2.81 bits per heavy atom. The van der Waals surface area contributed by atoms with E-state index in [0.717, 1.165) is 23.3 Å². The molecule has 2 atom stereocenters. The fourth-order valence-corrected chi connectivity index (χ4v) is 3.60. The SMILES string of the molecule is C=CC1=C(C=C)[C@@H](c2ccc(F)cc2)N(C(=O)NC2CNCCOC2)CC1.[HH].[HH]. The first-order valence-corrected chi connectivity index (χ1v) is 9.23. The molecular weight excluding hydrogens is 345 g/mol. The molecule has 3 rings (SSSR count). The van der Waals surface area contributed by atoms with Crippen LogP contribution in [0.25, 0.3) is 0 Å². The second kappa shape index (κ2) is 8.97. The molecule has 1 unspecified atom stereocenters. The molecule has 1 aromatic carbocycles. The molecule has 0 bridgehead atoms. The number of benzene rings is 1. The van der Waals surface area contributed by atoms with E-state index in [9.17, 15) is 9.18 Å². The number of nitrogens with zero attached hydrogens (tertiary/aromatic N) is 1. The highest BCUT2D eigenvalue weighted by Crippen LogP contribution is 2.37. The van der Waals surface area contributed by atoms with Gasteiger partial charge in [-0.25, -0.2) is 9.18 Å². The molecule has 148 valence electrons. The van der Waals surface area contributed by atoms with Gasteiger partial charge in [0.2, 0.25) is 0 Å². The molecule has 0 aromatic heterocycles. The number of amides is 2. The molecule has 0 aliphatic carbocycles. The highest BCUT2D eigenvalue weighted by Gasteiger charge is 2.33. The Morgan fingerprint density at radius 2 is 2.11 bits per heavy atom. The highest BCUT2D eigenvalue weighted by molar-refractivity contribution is 5.76. The summed E-state index contributed by atoms with van der Waals surface area (Å²) in [5.74, 6) is -0.305. The minimum absolute atomic E-state index is 0. The molecule has 1 fully saturated rings. The summed E-state index contributed by atoms with van der Waals surface area (Å²) in [6.07, 6.45) is 4.28. The van der Waals surface area contributed by atoms with Gasteiger partial charge in [0, 0.05) is 22.5 Å². The van der Waals surface area contributed by atoms with E-state index in [2.05, 4.69) is 23.8 Å². The molecule has 5 nitrogen and oxygen atoms in total. The summed E-state index contributed by atoms with van der Waals surface area (Å²) in [4.78, 5) is 14.8. The molecule has 1 aromatic rings. The number of hydrogen-bond donors (Lipinski definition) is 2. The minimum Gasteiger partial charge on any atom is -0.378 e. The quantitative estimate of drug-likeness (QED) is 0.848. The Morgan fingerprint density at radius 1 is 1.33 bits per heavy atom. The monoisotopic (exact) mass is 375 g/mol. The zero-order chi connectivity index (χ0) is 19.2. The average molecular weight is 375 g/mol. The van der Waals surface area contributed by atoms with Crippen molar-refractivity contribution in [3.8, 4) is 0 Å². The fraction of sp³-hybridized carbons (Fsp3) is 0.381. The van der Waals surface area contributed by atoms with Crippen molar-refractivity contribution in [3.63, 3.8) is 0 Å². The van der Waals surface area contributed by atoms with E-state index < -0.39 is 0 Å². The van der Waals surface area contributed by atoms with E-state index in [0.29, 0.717) is 32.7 Å². The maximum absolute atomic E-state index is 13.4. The van der Waals surface area contributed by atoms with Gasteiger partial charge in [-0.2, -0.15) is 0 Å². The number of nitrogens with one attached hydrogen (secondary N) is 2. The Kier molecular flexibility index (Phi) is 6.42. The lowest BCUT2D eigenvalue weighted by molar-refractivity contribution is 0.127. The molecular formula is C21H30FN3O2. The molecule has 0 radical (unpaired) electrons. The predicted octanol–water partition coefficient (Wildman–Crippen LogP) is 3.43. The third kappa shape index (κ3) is 4.46. The Labute approximate surface area is 162 Å². The summed E-state index contributed by atoms with van der Waals surface area (Å²) in [6, 6.07) is 5.67. The molecule has 0 spiro atoms. The van der Waals surface area contributed by atoms with Crippen LogP contribution in [-0.2, 0) is 4.74 Å². The van der Waals surface area contributed by atoms with Crippen LogP contribution >= 0.6 is 0 Å². The first-order valence-electron chi connectivity index (χ1n) is 9.23. The Bertz CT molecular complexity index is 732. The summed E-state index contributed by atoms with van der Waals surface area (Å²) in [5, 5.41) is 6.31. The molecule has 2 N–H and O–H groups in total. The maximum atomic E-state index is 13.4. The van der Waals surface area contributed by atoms with Gasteiger partial charge in [0.05, 0.1) is 25.3 Å². The number of halogens is 1. The van der Waals surface area contributed by atoms with Gasteiger partial charge < -0.3 is 20.3 Å². The van der Waals surface area contributed by atoms with Gasteiger partial charge in [0.25, 0.3) is 0 Å². The number of rotatable bonds is 4. The van der Waals surface area contributed by atoms with E-state index in [-0.39, 0.29) is 26.8 Å². The lowest BCUT2D eigenvalue weighted by Crippen LogP contribution is -2.51. The van der Waals surface area contributed by atoms with Crippen molar-refractivity contribution in [2.75, 3.05) is 32.8 Å². The van der Waals surface area contributed by atoms with Gasteiger partial charge in [-0.05, 0) is 35.3 Å². The van der Waals surface area contributed by atoms with Gasteiger partial charge in [0.15, 0.2) is 0 Å². The number of urea groups is 1. The normalized spacial score (nSPS) is 23.5. The number of carbonyl (C=O) groups excluding carboxylic acids is 1. The summed E-state index contributed by atoms with van der Waals surface area (Å²) in [7, 11) is 0. The standard InChI is InChI=1S/C21H26FN3O2.2H2/c1-3-15-9-11-25(21(26)24-18-13-23-10-12-27-14-18)20(19(15)4-2)16-5-7-17(22)8-6-16;;/h3-8,18,20,23H,1-2,9-14H2,(H,24,26);2*1H/t18?,20-;;/m1../s1. The van der Waals surface area contributed by atoms with Gasteiger partial charge in [-0.15, -0.1) is 0 Å². The van der Waals surface area contributed by atoms with Crippen LogP contribution in [0, 0.1) is 5.82 Å². The molecule has 0 saturated carbocycles. The third-order valence-corrected chi connectivity index (χ3v) is 4.97. The molecule has 2 amide bonds. The van der Waals surface area contributed by atoms with Crippen molar-refractivity contribution in [3.05, 3.63) is 72.1 Å². The second-order valence-electron chi connectivity index (χ2n) is 6.71. The molecule has 1 saturated heterocycles. The summed E-state index contributed by atoms with van der Waals surface area (Å²) >= 11 is 0. The summed E-state index contributed by atoms with van der Waals surface area (Å²) in [5.41, 5.74) is 2.83. The number of ether oxygens (including phenoxy) is 1. The van der Waals surface area contributed by atoms with Crippen LogP contribution in [0.1, 0.15) is 20.9 Å². The highest BCUT2D eigenvalue weighted by atomic mass is 19.1. The fourth-order valence-electron chi connectivity index (χ4n) is 3.60. The van der Waals surface area contributed by atoms with Crippen LogP contribution in [0.5, 0.6) is 0 Å². The topological polar surface area (TPSA) is 53.6 Å². The van der Waals surface area contributed by atoms with Gasteiger partial charge >= 0.3 is 6.03 Å². The van der Waals surface area contributed by atoms with Crippen LogP contribution in [0.3, 0.4) is 0 Å². The largest absolute Gasteiger partial charge is 0.378 e. The van der Waals surface area contributed by atoms with Crippen molar-refractivity contribution in [2.45, 2.75) is 18.5 Å². The first-order chi connectivity index (χ1) is 13.1. The molecule has 27 heavy (non-hydrogen) atoms. The van der Waals surface area contributed by atoms with E-state index >= 15 is 0 Å². The van der Waals surface area contributed by atoms with Gasteiger partial charge in [-0.3, -0.25) is 0 Å². The lowest BCUT2D eigenvalue weighted by atomic mass is 9.88. The van der Waals surface area contributed by atoms with Crippen LogP contribution in [0.15, 0.2) is 60.7 Å². The van der Waals surface area contributed by atoms with E-state index in [1.165, 1.54) is 12.1 Å². The van der Waals surface area contributed by atoms with Crippen LogP contribution in [-0.4, -0.2) is 49.8 Å². The zero-order valence-electron chi connectivity index (χ0n) is 15.4. The van der Waals surface area contributed by atoms with Crippen molar-refractivity contribution in [1.29, 1.82) is 0 Å². The molecule has 2 aliphatic rings. The summed E-state index contributed by atoms with van der Waals surface area (Å²) < 4.78 is 18.9. The Balaban J connectivity index is 0.00000210. The van der Waals surface area contributed by atoms with Crippen molar-refractivity contribution < 1.29 is 16.8 Å². The lowest BCUT2D eigenvalue weighted by Gasteiger charge is -2.38. The van der Waals surface area contributed by atoms with Crippen LogP contribution in [0.2, 0.25) is 0 Å². The van der Waals surface area contributed by atoms with E-state index in [4.69, 9.17) is 4.74 Å². The minimum atomic E-state index is -0.329. The zero-order valence-corrected chi connectivity index (χ0v) is 15.4. The number of hydrogen-bond acceptors (Lipinski definition) is 3. The predicted molar refractivity (Wildman–Crippen MR) is 108 cm³/mol. The van der Waals surface area contributed by atoms with Gasteiger partial charge in [-0.1, -0.05) is 37.4 Å². The molecule has 2 aliphatic heterocycles. The average Bonchev–Trinajstić information content (AvgIpc) is 2.96. The first kappa shape index (κ1) is 19.3. The van der Waals surface area contributed by atoms with Crippen molar-refractivity contribution >= 4 is 6.03 Å². The molecule has 2 heterocycles. The van der Waals surface area contributed by atoms with Crippen molar-refractivity contribution in [1.82, 2.24) is 15.5 Å². The maximum Gasteiger partial charge on any atom is 0.318 e. The second-order valence-corrected chi connectivity index (χ2v) is 6.71. The smallest absolute Gasteiger partial charge is 0.318 e. The van der Waals surface area contributed by atoms with Crippen LogP contribution in [0.4, 0.5) is 9.18 Å². The van der Waals surface area contributed by atoms with Crippen molar-refractivity contribution in [2.24, 2.45) is 0 Å².